The first-order valence-corrected chi connectivity index (χ1v) is 10.7. The largest absolute Gasteiger partial charge is 0.416 e. The molecule has 0 spiro atoms. The summed E-state index contributed by atoms with van der Waals surface area (Å²) in [5, 5.41) is 1.40. The molecule has 0 saturated carbocycles. The number of rotatable bonds is 3. The van der Waals surface area contributed by atoms with Gasteiger partial charge in [0.15, 0.2) is 23.3 Å². The van der Waals surface area contributed by atoms with E-state index in [2.05, 4.69) is 0 Å². The van der Waals surface area contributed by atoms with Crippen LogP contribution in [0, 0.1) is 30.2 Å². The van der Waals surface area contributed by atoms with E-state index in [4.69, 9.17) is 0 Å². The van der Waals surface area contributed by atoms with E-state index in [1.807, 2.05) is 0 Å². The second-order valence-corrected chi connectivity index (χ2v) is 8.30. The van der Waals surface area contributed by atoms with Crippen molar-refractivity contribution in [3.05, 3.63) is 101 Å². The molecule has 0 amide bonds. The minimum atomic E-state index is -4.93. The van der Waals surface area contributed by atoms with Crippen molar-refractivity contribution in [3.63, 3.8) is 0 Å². The van der Waals surface area contributed by atoms with Gasteiger partial charge in [0.1, 0.15) is 6.67 Å². The first kappa shape index (κ1) is 23.8. The number of aromatic nitrogens is 1. The molecule has 36 heavy (non-hydrogen) atoms. The number of aryl methyl sites for hydroxylation is 1. The molecule has 0 aliphatic rings. The van der Waals surface area contributed by atoms with Gasteiger partial charge in [-0.3, -0.25) is 0 Å². The van der Waals surface area contributed by atoms with Gasteiger partial charge in [-0.25, -0.2) is 22.0 Å². The Balaban J connectivity index is 2.01. The minimum Gasteiger partial charge on any atom is -0.308 e. The molecule has 5 rings (SSSR count). The normalized spacial score (nSPS) is 12.1. The maximum atomic E-state index is 15.1. The van der Waals surface area contributed by atoms with Gasteiger partial charge in [0, 0.05) is 16.3 Å². The molecule has 0 saturated heterocycles. The van der Waals surface area contributed by atoms with Crippen molar-refractivity contribution in [2.24, 2.45) is 0 Å². The van der Waals surface area contributed by atoms with Crippen molar-refractivity contribution in [2.75, 3.05) is 0 Å². The molecular weight excluding hydrogens is 490 g/mol. The number of nitrogens with zero attached hydrogens (tertiary/aromatic N) is 1. The fourth-order valence-electron chi connectivity index (χ4n) is 4.62. The van der Waals surface area contributed by atoms with Crippen LogP contribution in [0.4, 0.5) is 35.1 Å². The van der Waals surface area contributed by atoms with Crippen molar-refractivity contribution in [3.8, 4) is 16.8 Å². The van der Waals surface area contributed by atoms with Crippen molar-refractivity contribution < 1.29 is 35.1 Å². The van der Waals surface area contributed by atoms with Crippen LogP contribution in [0.25, 0.3) is 38.6 Å². The van der Waals surface area contributed by atoms with Gasteiger partial charge in [0.2, 0.25) is 0 Å². The lowest BCUT2D eigenvalue weighted by atomic mass is 9.94. The summed E-state index contributed by atoms with van der Waals surface area (Å²) in [6, 6.07) is 14.9. The van der Waals surface area contributed by atoms with E-state index in [1.54, 1.807) is 48.5 Å². The Hall–Kier alpha value is -3.88. The first-order chi connectivity index (χ1) is 17.1. The van der Waals surface area contributed by atoms with Crippen LogP contribution < -0.4 is 0 Å². The summed E-state index contributed by atoms with van der Waals surface area (Å²) in [6.45, 7) is -0.538. The molecule has 0 aliphatic heterocycles. The van der Waals surface area contributed by atoms with Crippen LogP contribution in [0.5, 0.6) is 0 Å². The molecular formula is C27H15F8N. The Morgan fingerprint density at radius 1 is 0.722 bits per heavy atom. The van der Waals surface area contributed by atoms with E-state index >= 15 is 8.78 Å². The summed E-state index contributed by atoms with van der Waals surface area (Å²) < 4.78 is 115. The molecule has 0 bridgehead atoms. The molecule has 0 atom stereocenters. The van der Waals surface area contributed by atoms with Crippen LogP contribution in [0.2, 0.25) is 0 Å². The average Bonchev–Trinajstić information content (AvgIpc) is 3.17. The minimum absolute atomic E-state index is 0.0551. The number of para-hydroxylation sites is 2. The molecule has 1 heterocycles. The summed E-state index contributed by atoms with van der Waals surface area (Å²) >= 11 is 0. The molecule has 4 aromatic carbocycles. The molecule has 9 heteroatoms. The van der Waals surface area contributed by atoms with Crippen molar-refractivity contribution in [2.45, 2.75) is 19.8 Å². The number of halogens is 8. The van der Waals surface area contributed by atoms with E-state index in [9.17, 15) is 26.3 Å². The Kier molecular flexibility index (Phi) is 5.54. The Morgan fingerprint density at radius 2 is 1.22 bits per heavy atom. The molecule has 184 valence electrons. The smallest absolute Gasteiger partial charge is 0.308 e. The number of hydrogen-bond acceptors (Lipinski definition) is 0. The van der Waals surface area contributed by atoms with E-state index in [1.165, 1.54) is 11.5 Å². The van der Waals surface area contributed by atoms with Gasteiger partial charge in [0.25, 0.3) is 0 Å². The fourth-order valence-corrected chi connectivity index (χ4v) is 4.62. The predicted octanol–water partition coefficient (Wildman–Crippen LogP) is 8.80. The number of hydrogen-bond donors (Lipinski definition) is 0. The molecule has 0 N–H and O–H groups in total. The highest BCUT2D eigenvalue weighted by molar-refractivity contribution is 6.09. The molecule has 0 radical (unpaired) electrons. The third-order valence-electron chi connectivity index (χ3n) is 6.19. The van der Waals surface area contributed by atoms with Crippen LogP contribution in [0.15, 0.2) is 60.7 Å². The Labute approximate surface area is 199 Å². The Bertz CT molecular complexity index is 1580. The lowest BCUT2D eigenvalue weighted by Crippen LogP contribution is -2.11. The van der Waals surface area contributed by atoms with Crippen LogP contribution in [0.1, 0.15) is 16.7 Å². The number of alkyl halides is 4. The lowest BCUT2D eigenvalue weighted by molar-refractivity contribution is -0.137. The van der Waals surface area contributed by atoms with Crippen LogP contribution in [-0.2, 0) is 12.9 Å². The summed E-state index contributed by atoms with van der Waals surface area (Å²) in [5.41, 5.74) is -4.01. The van der Waals surface area contributed by atoms with Gasteiger partial charge in [-0.2, -0.15) is 13.2 Å². The second-order valence-electron chi connectivity index (χ2n) is 8.30. The van der Waals surface area contributed by atoms with Crippen molar-refractivity contribution in [1.82, 2.24) is 4.57 Å². The monoisotopic (exact) mass is 505 g/mol. The maximum Gasteiger partial charge on any atom is 0.416 e. The standard InChI is InChI=1S/C27H15F8N/c1-13-10-14(27(33,34)35)11-17(21-24(31)22(29)18(12-28)23(30)25(21)32)26(13)36-19-8-4-2-6-15(19)16-7-3-5-9-20(16)36/h2-11H,12H2,1H3. The molecule has 0 unspecified atom stereocenters. The maximum absolute atomic E-state index is 15.1. The third kappa shape index (κ3) is 3.44. The lowest BCUT2D eigenvalue weighted by Gasteiger charge is -2.21. The van der Waals surface area contributed by atoms with Gasteiger partial charge >= 0.3 is 6.18 Å². The number of benzene rings is 4. The first-order valence-electron chi connectivity index (χ1n) is 10.7. The molecule has 5 aromatic rings. The molecule has 1 nitrogen and oxygen atoms in total. The second kappa shape index (κ2) is 8.36. The summed E-state index contributed by atoms with van der Waals surface area (Å²) in [6.07, 6.45) is -4.93. The van der Waals surface area contributed by atoms with Gasteiger partial charge in [-0.05, 0) is 36.8 Å². The average molecular weight is 505 g/mol. The van der Waals surface area contributed by atoms with Gasteiger partial charge < -0.3 is 4.57 Å². The molecule has 0 fully saturated rings. The van der Waals surface area contributed by atoms with E-state index in [0.717, 1.165) is 6.07 Å². The highest BCUT2D eigenvalue weighted by Gasteiger charge is 2.35. The molecule has 1 aromatic heterocycles. The van der Waals surface area contributed by atoms with E-state index in [-0.39, 0.29) is 11.3 Å². The fraction of sp³-hybridized carbons (Fsp3) is 0.111. The van der Waals surface area contributed by atoms with E-state index < -0.39 is 58.4 Å². The zero-order chi connectivity index (χ0) is 25.9. The van der Waals surface area contributed by atoms with Crippen molar-refractivity contribution in [1.29, 1.82) is 0 Å². The number of fused-ring (bicyclic) bond motifs is 3. The zero-order valence-electron chi connectivity index (χ0n) is 18.5. The van der Waals surface area contributed by atoms with Crippen LogP contribution >= 0.6 is 0 Å². The highest BCUT2D eigenvalue weighted by atomic mass is 19.4. The summed E-state index contributed by atoms with van der Waals surface area (Å²) in [5.74, 6) is -7.98. The van der Waals surface area contributed by atoms with Crippen LogP contribution in [0.3, 0.4) is 0 Å². The third-order valence-corrected chi connectivity index (χ3v) is 6.19. The highest BCUT2D eigenvalue weighted by Crippen LogP contribution is 2.43. The predicted molar refractivity (Wildman–Crippen MR) is 121 cm³/mol. The van der Waals surface area contributed by atoms with Gasteiger partial charge in [-0.15, -0.1) is 0 Å². The zero-order valence-corrected chi connectivity index (χ0v) is 18.5. The topological polar surface area (TPSA) is 4.93 Å². The molecule has 0 aliphatic carbocycles. The SMILES string of the molecule is Cc1cc(C(F)(F)F)cc(-c2c(F)c(F)c(CF)c(F)c2F)c1-n1c2ccccc2c2ccccc21. The summed E-state index contributed by atoms with van der Waals surface area (Å²) in [7, 11) is 0. The van der Waals surface area contributed by atoms with Gasteiger partial charge in [0.05, 0.1) is 33.4 Å². The van der Waals surface area contributed by atoms with Crippen LogP contribution in [-0.4, -0.2) is 4.57 Å². The van der Waals surface area contributed by atoms with Gasteiger partial charge in [-0.1, -0.05) is 36.4 Å². The van der Waals surface area contributed by atoms with E-state index in [0.29, 0.717) is 27.9 Å². The Morgan fingerprint density at radius 3 is 1.69 bits per heavy atom. The summed E-state index contributed by atoms with van der Waals surface area (Å²) in [4.78, 5) is 0. The quantitative estimate of drug-likeness (QED) is 0.171. The van der Waals surface area contributed by atoms with Crippen molar-refractivity contribution >= 4 is 21.8 Å².